The second-order valence-corrected chi connectivity index (χ2v) is 7.47. The van der Waals surface area contributed by atoms with Gasteiger partial charge in [-0.15, -0.1) is 0 Å². The van der Waals surface area contributed by atoms with Crippen LogP contribution >= 0.6 is 0 Å². The van der Waals surface area contributed by atoms with Crippen LogP contribution in [0.4, 0.5) is 0 Å². The van der Waals surface area contributed by atoms with Gasteiger partial charge in [0.25, 0.3) is 0 Å². The van der Waals surface area contributed by atoms with Crippen molar-refractivity contribution in [3.63, 3.8) is 0 Å². The maximum atomic E-state index is 12.5. The highest BCUT2D eigenvalue weighted by Crippen LogP contribution is 2.23. The predicted octanol–water partition coefficient (Wildman–Crippen LogP) is 4.55. The molecular weight excluding hydrogens is 312 g/mol. The Morgan fingerprint density at radius 2 is 1.88 bits per heavy atom. The predicted molar refractivity (Wildman–Crippen MR) is 99.4 cm³/mol. The molecule has 0 aliphatic carbocycles. The van der Waals surface area contributed by atoms with Crippen molar-refractivity contribution in [1.29, 1.82) is 0 Å². The van der Waals surface area contributed by atoms with Crippen molar-refractivity contribution >= 4 is 17.0 Å². The minimum absolute atomic E-state index is 0.00115. The lowest BCUT2D eigenvalue weighted by molar-refractivity contribution is -0.122. The van der Waals surface area contributed by atoms with Crippen molar-refractivity contribution in [2.45, 2.75) is 45.6 Å². The maximum absolute atomic E-state index is 12.5. The lowest BCUT2D eigenvalue weighted by atomic mass is 9.87. The van der Waals surface area contributed by atoms with Gasteiger partial charge in [-0.05, 0) is 41.2 Å². The number of nitrogens with zero attached hydrogens (tertiary/aromatic N) is 1. The molecule has 1 heterocycles. The van der Waals surface area contributed by atoms with Gasteiger partial charge in [0.15, 0.2) is 12.0 Å². The van der Waals surface area contributed by atoms with Crippen molar-refractivity contribution < 1.29 is 9.21 Å². The molecule has 0 bridgehead atoms. The van der Waals surface area contributed by atoms with E-state index >= 15 is 0 Å². The quantitative estimate of drug-likeness (QED) is 0.760. The van der Waals surface area contributed by atoms with Crippen molar-refractivity contribution in [2.24, 2.45) is 0 Å². The van der Waals surface area contributed by atoms with Crippen LogP contribution < -0.4 is 5.32 Å². The zero-order chi connectivity index (χ0) is 18.0. The third kappa shape index (κ3) is 3.90. The van der Waals surface area contributed by atoms with E-state index in [1.165, 1.54) is 12.0 Å². The van der Waals surface area contributed by atoms with Gasteiger partial charge in [-0.3, -0.25) is 4.79 Å². The van der Waals surface area contributed by atoms with Crippen LogP contribution in [0.5, 0.6) is 0 Å². The first-order valence-corrected chi connectivity index (χ1v) is 8.55. The van der Waals surface area contributed by atoms with E-state index in [1.807, 2.05) is 25.1 Å². The highest BCUT2D eigenvalue weighted by Gasteiger charge is 2.17. The van der Waals surface area contributed by atoms with Crippen molar-refractivity contribution in [3.8, 4) is 0 Å². The number of nitrogens with one attached hydrogen (secondary N) is 1. The molecule has 1 atom stereocenters. The summed E-state index contributed by atoms with van der Waals surface area (Å²) < 4.78 is 5.31. The fraction of sp³-hybridized carbons (Fsp3) is 0.333. The van der Waals surface area contributed by atoms with E-state index in [1.54, 1.807) is 0 Å². The standard InChI is InChI=1S/C21H24N2O2/c1-14(16-7-10-18-19(11-16)25-13-23-18)20(24)22-12-15-5-8-17(9-6-15)21(2,3)4/h5-11,13-14H,12H2,1-4H3,(H,22,24). The molecule has 0 saturated carbocycles. The van der Waals surface area contributed by atoms with Gasteiger partial charge in [0.1, 0.15) is 5.52 Å². The van der Waals surface area contributed by atoms with Gasteiger partial charge in [-0.1, -0.05) is 51.1 Å². The Morgan fingerprint density at radius 1 is 1.16 bits per heavy atom. The lowest BCUT2D eigenvalue weighted by Crippen LogP contribution is -2.27. The largest absolute Gasteiger partial charge is 0.443 e. The number of hydrogen-bond donors (Lipinski definition) is 1. The Balaban J connectivity index is 1.63. The monoisotopic (exact) mass is 336 g/mol. The van der Waals surface area contributed by atoms with Gasteiger partial charge in [0.05, 0.1) is 5.92 Å². The highest BCUT2D eigenvalue weighted by molar-refractivity contribution is 5.84. The molecule has 1 unspecified atom stereocenters. The number of rotatable bonds is 4. The molecule has 4 nitrogen and oxygen atoms in total. The van der Waals surface area contributed by atoms with Crippen LogP contribution in [0.15, 0.2) is 53.3 Å². The minimum atomic E-state index is -0.247. The molecule has 1 amide bonds. The average molecular weight is 336 g/mol. The smallest absolute Gasteiger partial charge is 0.227 e. The van der Waals surface area contributed by atoms with Gasteiger partial charge in [0, 0.05) is 6.54 Å². The van der Waals surface area contributed by atoms with Gasteiger partial charge in [-0.2, -0.15) is 0 Å². The number of carbonyl (C=O) groups is 1. The van der Waals surface area contributed by atoms with E-state index < -0.39 is 0 Å². The average Bonchev–Trinajstić information content (AvgIpc) is 3.06. The van der Waals surface area contributed by atoms with Gasteiger partial charge in [-0.25, -0.2) is 4.98 Å². The molecule has 0 radical (unpaired) electrons. The molecule has 130 valence electrons. The van der Waals surface area contributed by atoms with E-state index in [0.29, 0.717) is 12.1 Å². The third-order valence-electron chi connectivity index (χ3n) is 4.54. The number of hydrogen-bond acceptors (Lipinski definition) is 3. The number of carbonyl (C=O) groups excluding carboxylic acids is 1. The first kappa shape index (κ1) is 17.2. The van der Waals surface area contributed by atoms with Crippen LogP contribution in [0, 0.1) is 0 Å². The zero-order valence-corrected chi connectivity index (χ0v) is 15.2. The van der Waals surface area contributed by atoms with E-state index in [4.69, 9.17) is 4.42 Å². The van der Waals surface area contributed by atoms with Crippen LogP contribution in [0.3, 0.4) is 0 Å². The van der Waals surface area contributed by atoms with Crippen LogP contribution in [0.1, 0.15) is 50.3 Å². The second-order valence-electron chi connectivity index (χ2n) is 7.47. The zero-order valence-electron chi connectivity index (χ0n) is 15.2. The fourth-order valence-electron chi connectivity index (χ4n) is 2.76. The van der Waals surface area contributed by atoms with E-state index in [9.17, 15) is 4.79 Å². The maximum Gasteiger partial charge on any atom is 0.227 e. The molecule has 0 saturated heterocycles. The number of fused-ring (bicyclic) bond motifs is 1. The molecule has 0 spiro atoms. The van der Waals surface area contributed by atoms with Crippen LogP contribution in [0.25, 0.3) is 11.1 Å². The molecular formula is C21H24N2O2. The number of oxazole rings is 1. The topological polar surface area (TPSA) is 55.1 Å². The first-order valence-electron chi connectivity index (χ1n) is 8.55. The molecule has 4 heteroatoms. The van der Waals surface area contributed by atoms with Gasteiger partial charge >= 0.3 is 0 Å². The molecule has 0 aliphatic heterocycles. The third-order valence-corrected chi connectivity index (χ3v) is 4.54. The summed E-state index contributed by atoms with van der Waals surface area (Å²) in [6.45, 7) is 9.00. The van der Waals surface area contributed by atoms with E-state index in [0.717, 1.165) is 16.6 Å². The number of benzene rings is 2. The molecule has 25 heavy (non-hydrogen) atoms. The number of amides is 1. The Hall–Kier alpha value is -2.62. The minimum Gasteiger partial charge on any atom is -0.443 e. The van der Waals surface area contributed by atoms with E-state index in [2.05, 4.69) is 55.3 Å². The summed E-state index contributed by atoms with van der Waals surface area (Å²) in [4.78, 5) is 16.6. The Bertz CT molecular complexity index is 873. The molecule has 0 fully saturated rings. The summed E-state index contributed by atoms with van der Waals surface area (Å²) in [5, 5.41) is 3.01. The molecule has 1 aromatic heterocycles. The van der Waals surface area contributed by atoms with Crippen molar-refractivity contribution in [1.82, 2.24) is 10.3 Å². The number of aromatic nitrogens is 1. The summed E-state index contributed by atoms with van der Waals surface area (Å²) in [6.07, 6.45) is 1.42. The SMILES string of the molecule is CC(C(=O)NCc1ccc(C(C)(C)C)cc1)c1ccc2ncoc2c1. The van der Waals surface area contributed by atoms with Crippen LogP contribution in [0.2, 0.25) is 0 Å². The van der Waals surface area contributed by atoms with Crippen molar-refractivity contribution in [3.05, 3.63) is 65.5 Å². The van der Waals surface area contributed by atoms with Gasteiger partial charge < -0.3 is 9.73 Å². The van der Waals surface area contributed by atoms with Crippen molar-refractivity contribution in [2.75, 3.05) is 0 Å². The summed E-state index contributed by atoms with van der Waals surface area (Å²) >= 11 is 0. The molecule has 3 aromatic rings. The normalized spacial score (nSPS) is 13.0. The highest BCUT2D eigenvalue weighted by atomic mass is 16.3. The van der Waals surface area contributed by atoms with E-state index in [-0.39, 0.29) is 17.2 Å². The van der Waals surface area contributed by atoms with Crippen LogP contribution in [-0.2, 0) is 16.8 Å². The first-order chi connectivity index (χ1) is 11.8. The molecule has 1 N–H and O–H groups in total. The Morgan fingerprint density at radius 3 is 2.56 bits per heavy atom. The molecule has 2 aromatic carbocycles. The Kier molecular flexibility index (Phi) is 4.62. The second kappa shape index (κ2) is 6.71. The summed E-state index contributed by atoms with van der Waals surface area (Å²) in [5.41, 5.74) is 4.95. The van der Waals surface area contributed by atoms with Gasteiger partial charge in [0.2, 0.25) is 5.91 Å². The van der Waals surface area contributed by atoms with Crippen LogP contribution in [-0.4, -0.2) is 10.9 Å². The summed E-state index contributed by atoms with van der Waals surface area (Å²) in [6, 6.07) is 14.1. The molecule has 3 rings (SSSR count). The Labute approximate surface area is 148 Å². The lowest BCUT2D eigenvalue weighted by Gasteiger charge is -2.19. The summed E-state index contributed by atoms with van der Waals surface area (Å²) in [7, 11) is 0. The molecule has 0 aliphatic rings. The summed E-state index contributed by atoms with van der Waals surface area (Å²) in [5.74, 6) is -0.248. The fourth-order valence-corrected chi connectivity index (χ4v) is 2.76.